The Morgan fingerprint density at radius 2 is 1.89 bits per heavy atom. The average Bonchev–Trinajstić information content (AvgIpc) is 1.64. The normalized spacial score (nSPS) is 17.4. The molecule has 0 aliphatic carbocycles. The smallest absolute Gasteiger partial charge is 0.224 e. The lowest BCUT2D eigenvalue weighted by atomic mass is 10.7. The largest absolute Gasteiger partial charge is 0.301 e. The van der Waals surface area contributed by atoms with Gasteiger partial charge in [-0.1, -0.05) is 6.92 Å². The van der Waals surface area contributed by atoms with E-state index in [2.05, 4.69) is 5.32 Å². The van der Waals surface area contributed by atoms with Gasteiger partial charge in [-0.2, -0.15) is 0 Å². The standard InChI is InChI=1S/C4H10F3NS/c1-3-8-4(2)9(5,6)7/h4,8H,3H2,1-2H3. The lowest BCUT2D eigenvalue weighted by Gasteiger charge is -2.18. The second-order valence-electron chi connectivity index (χ2n) is 1.64. The molecule has 58 valence electrons. The quantitative estimate of drug-likeness (QED) is 0.670. The van der Waals surface area contributed by atoms with Crippen molar-refractivity contribution >= 4 is 11.2 Å². The topological polar surface area (TPSA) is 12.0 Å². The van der Waals surface area contributed by atoms with Crippen molar-refractivity contribution < 1.29 is 11.7 Å². The molecule has 0 aromatic rings. The molecule has 0 amide bonds. The van der Waals surface area contributed by atoms with Crippen LogP contribution in [0, 0.1) is 0 Å². The van der Waals surface area contributed by atoms with Gasteiger partial charge in [0.05, 0.1) is 0 Å². The van der Waals surface area contributed by atoms with Crippen LogP contribution in [0.4, 0.5) is 11.7 Å². The van der Waals surface area contributed by atoms with Crippen molar-refractivity contribution in [3.05, 3.63) is 0 Å². The number of halogens is 3. The fourth-order valence-corrected chi connectivity index (χ4v) is 0.738. The van der Waals surface area contributed by atoms with E-state index in [1.807, 2.05) is 0 Å². The van der Waals surface area contributed by atoms with Gasteiger partial charge in [0, 0.05) is 0 Å². The molecular weight excluding hydrogens is 151 g/mol. The number of hydrogen-bond acceptors (Lipinski definition) is 1. The van der Waals surface area contributed by atoms with Crippen LogP contribution in [0.5, 0.6) is 0 Å². The number of hydrogen-bond donors (Lipinski definition) is 1. The van der Waals surface area contributed by atoms with Gasteiger partial charge in [0.2, 0.25) is 11.2 Å². The molecule has 0 saturated carbocycles. The average molecular weight is 161 g/mol. The summed E-state index contributed by atoms with van der Waals surface area (Å²) in [4.78, 5) is 0. The van der Waals surface area contributed by atoms with Gasteiger partial charge in [0.25, 0.3) is 0 Å². The molecule has 0 aromatic heterocycles. The highest BCUT2D eigenvalue weighted by atomic mass is 32.3. The van der Waals surface area contributed by atoms with Crippen molar-refractivity contribution in [2.75, 3.05) is 6.54 Å². The van der Waals surface area contributed by atoms with E-state index >= 15 is 0 Å². The summed E-state index contributed by atoms with van der Waals surface area (Å²) in [5, 5.41) is 0.994. The summed E-state index contributed by atoms with van der Waals surface area (Å²) < 4.78 is 35.0. The molecule has 0 rings (SSSR count). The molecule has 1 atom stereocenters. The molecule has 9 heavy (non-hydrogen) atoms. The zero-order valence-electron chi connectivity index (χ0n) is 5.33. The molecule has 0 spiro atoms. The molecule has 5 heteroatoms. The third-order valence-electron chi connectivity index (χ3n) is 0.892. The first-order chi connectivity index (χ1) is 3.98. The first-order valence-corrected chi connectivity index (χ1v) is 4.02. The zero-order chi connectivity index (χ0) is 7.49. The van der Waals surface area contributed by atoms with Crippen molar-refractivity contribution in [2.45, 2.75) is 19.2 Å². The molecule has 0 aliphatic rings. The number of nitrogens with one attached hydrogen (secondary N) is 1. The molecule has 0 bridgehead atoms. The summed E-state index contributed by atoms with van der Waals surface area (Å²) in [6.45, 7) is 3.16. The van der Waals surface area contributed by atoms with Gasteiger partial charge in [-0.15, -0.1) is 11.7 Å². The molecule has 0 radical (unpaired) electrons. The van der Waals surface area contributed by atoms with E-state index < -0.39 is 16.6 Å². The van der Waals surface area contributed by atoms with Crippen molar-refractivity contribution in [3.63, 3.8) is 0 Å². The van der Waals surface area contributed by atoms with Gasteiger partial charge < -0.3 is 5.32 Å². The fraction of sp³-hybridized carbons (Fsp3) is 1.00. The lowest BCUT2D eigenvalue weighted by molar-refractivity contribution is 0.566. The maximum Gasteiger partial charge on any atom is 0.224 e. The van der Waals surface area contributed by atoms with Crippen LogP contribution in [0.15, 0.2) is 0 Å². The van der Waals surface area contributed by atoms with Crippen molar-refractivity contribution in [3.8, 4) is 0 Å². The second-order valence-corrected chi connectivity index (χ2v) is 3.23. The Hall–Kier alpha value is 0.100. The zero-order valence-corrected chi connectivity index (χ0v) is 6.14. The van der Waals surface area contributed by atoms with E-state index in [-0.39, 0.29) is 0 Å². The van der Waals surface area contributed by atoms with Crippen LogP contribution in [-0.4, -0.2) is 11.9 Å². The Balaban J connectivity index is 3.59. The summed E-state index contributed by atoms with van der Waals surface area (Å²) in [6, 6.07) is 0. The molecule has 0 aromatic carbocycles. The molecule has 1 unspecified atom stereocenters. The van der Waals surface area contributed by atoms with Crippen molar-refractivity contribution in [2.24, 2.45) is 0 Å². The molecule has 1 nitrogen and oxygen atoms in total. The van der Waals surface area contributed by atoms with E-state index in [1.165, 1.54) is 0 Å². The Labute approximate surface area is 54.8 Å². The Bertz CT molecular complexity index is 82.4. The third-order valence-corrected chi connectivity index (χ3v) is 1.86. The van der Waals surface area contributed by atoms with E-state index in [4.69, 9.17) is 0 Å². The van der Waals surface area contributed by atoms with Gasteiger partial charge in [0.15, 0.2) is 0 Å². The predicted octanol–water partition coefficient (Wildman–Crippen LogP) is 2.40. The summed E-state index contributed by atoms with van der Waals surface area (Å²) in [7, 11) is 0. The molecule has 0 aliphatic heterocycles. The van der Waals surface area contributed by atoms with Gasteiger partial charge in [-0.3, -0.25) is 0 Å². The van der Waals surface area contributed by atoms with Crippen LogP contribution in [0.3, 0.4) is 0 Å². The highest BCUT2D eigenvalue weighted by Crippen LogP contribution is 2.56. The van der Waals surface area contributed by atoms with Crippen LogP contribution in [0.25, 0.3) is 0 Å². The number of rotatable bonds is 3. The summed E-state index contributed by atoms with van der Waals surface area (Å²) in [5.74, 6) is 0. The molecule has 0 heterocycles. The van der Waals surface area contributed by atoms with Gasteiger partial charge in [-0.05, 0) is 13.5 Å². The fourth-order valence-electron chi connectivity index (χ4n) is 0.382. The minimum Gasteiger partial charge on any atom is -0.301 e. The maximum atomic E-state index is 11.7. The lowest BCUT2D eigenvalue weighted by Crippen LogP contribution is -2.25. The molecule has 0 fully saturated rings. The van der Waals surface area contributed by atoms with E-state index in [9.17, 15) is 11.7 Å². The van der Waals surface area contributed by atoms with Crippen LogP contribution < -0.4 is 5.32 Å². The van der Waals surface area contributed by atoms with E-state index in [0.29, 0.717) is 6.54 Å². The van der Waals surface area contributed by atoms with Gasteiger partial charge >= 0.3 is 0 Å². The molecule has 0 saturated heterocycles. The summed E-state index contributed by atoms with van der Waals surface area (Å²) in [6.07, 6.45) is 0. The maximum absolute atomic E-state index is 11.7. The van der Waals surface area contributed by atoms with E-state index in [1.54, 1.807) is 6.92 Å². The first kappa shape index (κ1) is 9.10. The van der Waals surface area contributed by atoms with Crippen molar-refractivity contribution in [1.82, 2.24) is 5.32 Å². The SMILES string of the molecule is CCNC(C)S(F)(F)F. The van der Waals surface area contributed by atoms with Crippen LogP contribution in [0.2, 0.25) is 0 Å². The summed E-state index contributed by atoms with van der Waals surface area (Å²) in [5.41, 5.74) is 0. The Morgan fingerprint density at radius 1 is 1.44 bits per heavy atom. The summed E-state index contributed by atoms with van der Waals surface area (Å²) >= 11 is -4.88. The third kappa shape index (κ3) is 3.64. The van der Waals surface area contributed by atoms with Crippen LogP contribution in [0.1, 0.15) is 13.8 Å². The Morgan fingerprint density at radius 3 is 2.00 bits per heavy atom. The predicted molar refractivity (Wildman–Crippen MR) is 34.1 cm³/mol. The molecule has 1 N–H and O–H groups in total. The van der Waals surface area contributed by atoms with Crippen LogP contribution in [-0.2, 0) is 0 Å². The van der Waals surface area contributed by atoms with Crippen LogP contribution >= 0.6 is 11.2 Å². The Kier molecular flexibility index (Phi) is 3.35. The molecular formula is C4H10F3NS. The minimum atomic E-state index is -4.88. The highest BCUT2D eigenvalue weighted by molar-refractivity contribution is 8.21. The van der Waals surface area contributed by atoms with Gasteiger partial charge in [-0.25, -0.2) is 0 Å². The monoisotopic (exact) mass is 161 g/mol. The second kappa shape index (κ2) is 3.31. The van der Waals surface area contributed by atoms with Crippen molar-refractivity contribution in [1.29, 1.82) is 0 Å². The minimum absolute atomic E-state index is 0.369. The highest BCUT2D eigenvalue weighted by Gasteiger charge is 2.28. The van der Waals surface area contributed by atoms with Gasteiger partial charge in [0.1, 0.15) is 5.37 Å². The first-order valence-electron chi connectivity index (χ1n) is 2.63. The van der Waals surface area contributed by atoms with E-state index in [0.717, 1.165) is 6.92 Å².